The minimum Gasteiger partial charge on any atom is -0.296 e. The second-order valence-corrected chi connectivity index (χ2v) is 6.93. The van der Waals surface area contributed by atoms with Gasteiger partial charge in [0.25, 0.3) is 0 Å². The lowest BCUT2D eigenvalue weighted by molar-refractivity contribution is -0.117. The van der Waals surface area contributed by atoms with E-state index in [-0.39, 0.29) is 36.4 Å². The second-order valence-electron chi connectivity index (χ2n) is 4.11. The van der Waals surface area contributed by atoms with Crippen LogP contribution in [-0.2, 0) is 13.8 Å². The normalized spacial score (nSPS) is 20.4. The predicted octanol–water partition coefficient (Wildman–Crippen LogP) is 1.14. The SMILES string of the molecule is O=C1CC(CS(=O)(=O)Cl)CN1c1cc(F)ccn1. The molecule has 0 bridgehead atoms. The van der Waals surface area contributed by atoms with E-state index in [4.69, 9.17) is 10.7 Å². The van der Waals surface area contributed by atoms with Crippen LogP contribution in [0.2, 0.25) is 0 Å². The predicted molar refractivity (Wildman–Crippen MR) is 64.3 cm³/mol. The number of rotatable bonds is 3. The molecule has 1 fully saturated rings. The van der Waals surface area contributed by atoms with Gasteiger partial charge in [-0.15, -0.1) is 0 Å². The molecule has 5 nitrogen and oxygen atoms in total. The van der Waals surface area contributed by atoms with Crippen molar-refractivity contribution >= 4 is 31.5 Å². The van der Waals surface area contributed by atoms with Crippen LogP contribution in [0.25, 0.3) is 0 Å². The Balaban J connectivity index is 2.15. The van der Waals surface area contributed by atoms with E-state index in [2.05, 4.69) is 4.98 Å². The lowest BCUT2D eigenvalue weighted by atomic mass is 10.1. The molecule has 1 aliphatic heterocycles. The molecule has 1 atom stereocenters. The fourth-order valence-electron chi connectivity index (χ4n) is 1.94. The topological polar surface area (TPSA) is 67.3 Å². The van der Waals surface area contributed by atoms with Gasteiger partial charge in [0.05, 0.1) is 5.75 Å². The standard InChI is InChI=1S/C10H10ClFN2O3S/c11-18(16,17)6-7-3-10(15)14(5-7)9-4-8(12)1-2-13-9/h1-2,4,7H,3,5-6H2. The molecule has 1 unspecified atom stereocenters. The molecule has 18 heavy (non-hydrogen) atoms. The Kier molecular flexibility index (Phi) is 3.54. The van der Waals surface area contributed by atoms with Crippen molar-refractivity contribution in [3.8, 4) is 0 Å². The number of halogens is 2. The Morgan fingerprint density at radius 2 is 2.28 bits per heavy atom. The van der Waals surface area contributed by atoms with Crippen LogP contribution in [0.4, 0.5) is 10.2 Å². The Morgan fingerprint density at radius 1 is 1.56 bits per heavy atom. The van der Waals surface area contributed by atoms with Gasteiger partial charge in [0.1, 0.15) is 11.6 Å². The van der Waals surface area contributed by atoms with Gasteiger partial charge in [-0.3, -0.25) is 9.69 Å². The van der Waals surface area contributed by atoms with Crippen molar-refractivity contribution in [2.45, 2.75) is 6.42 Å². The third kappa shape index (κ3) is 3.17. The number of anilines is 1. The summed E-state index contributed by atoms with van der Waals surface area (Å²) in [4.78, 5) is 16.9. The fourth-order valence-corrected chi connectivity index (χ4v) is 3.26. The molecule has 98 valence electrons. The first kappa shape index (κ1) is 13.2. The Morgan fingerprint density at radius 3 is 2.89 bits per heavy atom. The maximum absolute atomic E-state index is 13.0. The first-order valence-corrected chi connectivity index (χ1v) is 7.67. The molecule has 1 amide bonds. The van der Waals surface area contributed by atoms with Crippen LogP contribution in [0.1, 0.15) is 6.42 Å². The molecule has 8 heteroatoms. The number of aromatic nitrogens is 1. The number of amides is 1. The maximum atomic E-state index is 13.0. The highest BCUT2D eigenvalue weighted by molar-refractivity contribution is 8.13. The van der Waals surface area contributed by atoms with Crippen molar-refractivity contribution < 1.29 is 17.6 Å². The Hall–Kier alpha value is -1.21. The molecule has 0 spiro atoms. The van der Waals surface area contributed by atoms with Crippen LogP contribution in [0.5, 0.6) is 0 Å². The molecule has 0 N–H and O–H groups in total. The number of nitrogens with zero attached hydrogens (tertiary/aromatic N) is 2. The molecule has 0 aliphatic carbocycles. The van der Waals surface area contributed by atoms with Gasteiger partial charge < -0.3 is 0 Å². The molecular weight excluding hydrogens is 283 g/mol. The Bertz CT molecular complexity index is 578. The summed E-state index contributed by atoms with van der Waals surface area (Å²) in [5.74, 6) is -1.24. The van der Waals surface area contributed by atoms with Crippen molar-refractivity contribution in [1.82, 2.24) is 4.98 Å². The van der Waals surface area contributed by atoms with Crippen molar-refractivity contribution in [2.75, 3.05) is 17.2 Å². The highest BCUT2D eigenvalue weighted by atomic mass is 35.7. The second kappa shape index (κ2) is 4.81. The van der Waals surface area contributed by atoms with Crippen LogP contribution in [0.3, 0.4) is 0 Å². The Labute approximate surface area is 108 Å². The summed E-state index contributed by atoms with van der Waals surface area (Å²) in [6, 6.07) is 2.31. The summed E-state index contributed by atoms with van der Waals surface area (Å²) >= 11 is 0. The van der Waals surface area contributed by atoms with Gasteiger partial charge in [-0.25, -0.2) is 17.8 Å². The molecule has 1 aromatic heterocycles. The largest absolute Gasteiger partial charge is 0.296 e. The fraction of sp³-hybridized carbons (Fsp3) is 0.400. The van der Waals surface area contributed by atoms with E-state index in [0.29, 0.717) is 0 Å². The van der Waals surface area contributed by atoms with Crippen LogP contribution in [0.15, 0.2) is 18.3 Å². The minimum absolute atomic E-state index is 0.0736. The molecule has 2 heterocycles. The summed E-state index contributed by atoms with van der Waals surface area (Å²) in [6.07, 6.45) is 1.33. The molecule has 1 saturated heterocycles. The molecule has 2 rings (SSSR count). The van der Waals surface area contributed by atoms with E-state index in [0.717, 1.165) is 6.07 Å². The number of carbonyl (C=O) groups excluding carboxylic acids is 1. The number of hydrogen-bond acceptors (Lipinski definition) is 4. The van der Waals surface area contributed by atoms with Crippen molar-refractivity contribution in [1.29, 1.82) is 0 Å². The highest BCUT2D eigenvalue weighted by Gasteiger charge is 2.33. The van der Waals surface area contributed by atoms with Crippen molar-refractivity contribution in [3.05, 3.63) is 24.1 Å². The molecule has 0 saturated carbocycles. The first-order valence-electron chi connectivity index (χ1n) is 5.19. The van der Waals surface area contributed by atoms with Gasteiger partial charge in [0, 0.05) is 41.8 Å². The molecule has 0 aromatic carbocycles. The average molecular weight is 293 g/mol. The zero-order valence-electron chi connectivity index (χ0n) is 9.21. The van der Waals surface area contributed by atoms with Gasteiger partial charge >= 0.3 is 0 Å². The van der Waals surface area contributed by atoms with Crippen LogP contribution in [0, 0.1) is 11.7 Å². The lowest BCUT2D eigenvalue weighted by Crippen LogP contribution is -2.26. The average Bonchev–Trinajstić information content (AvgIpc) is 2.56. The van der Waals surface area contributed by atoms with E-state index in [1.165, 1.54) is 17.2 Å². The minimum atomic E-state index is -3.65. The number of pyridine rings is 1. The van der Waals surface area contributed by atoms with Crippen LogP contribution >= 0.6 is 10.7 Å². The van der Waals surface area contributed by atoms with Crippen LogP contribution in [-0.4, -0.2) is 31.6 Å². The van der Waals surface area contributed by atoms with E-state index in [1.54, 1.807) is 0 Å². The molecular formula is C10H10ClFN2O3S. The van der Waals surface area contributed by atoms with Gasteiger partial charge in [0.15, 0.2) is 0 Å². The zero-order valence-corrected chi connectivity index (χ0v) is 10.8. The summed E-state index contributed by atoms with van der Waals surface area (Å²) in [5, 5.41) is 0. The van der Waals surface area contributed by atoms with E-state index >= 15 is 0 Å². The van der Waals surface area contributed by atoms with E-state index < -0.39 is 14.9 Å². The molecule has 1 aromatic rings. The molecule has 0 radical (unpaired) electrons. The van der Waals surface area contributed by atoms with Crippen molar-refractivity contribution in [3.63, 3.8) is 0 Å². The summed E-state index contributed by atoms with van der Waals surface area (Å²) in [7, 11) is 1.50. The van der Waals surface area contributed by atoms with Crippen molar-refractivity contribution in [2.24, 2.45) is 5.92 Å². The summed E-state index contributed by atoms with van der Waals surface area (Å²) < 4.78 is 34.9. The van der Waals surface area contributed by atoms with Gasteiger partial charge in [-0.1, -0.05) is 0 Å². The highest BCUT2D eigenvalue weighted by Crippen LogP contribution is 2.25. The summed E-state index contributed by atoms with van der Waals surface area (Å²) in [5.41, 5.74) is 0. The zero-order chi connectivity index (χ0) is 13.3. The van der Waals surface area contributed by atoms with Gasteiger partial charge in [-0.2, -0.15) is 0 Å². The number of carbonyl (C=O) groups is 1. The third-order valence-electron chi connectivity index (χ3n) is 2.62. The number of hydrogen-bond donors (Lipinski definition) is 0. The maximum Gasteiger partial charge on any atom is 0.232 e. The van der Waals surface area contributed by atoms with Gasteiger partial charge in [0.2, 0.25) is 15.0 Å². The summed E-state index contributed by atoms with van der Waals surface area (Å²) in [6.45, 7) is 0.182. The van der Waals surface area contributed by atoms with Crippen LogP contribution < -0.4 is 4.90 Å². The smallest absolute Gasteiger partial charge is 0.232 e. The van der Waals surface area contributed by atoms with Gasteiger partial charge in [-0.05, 0) is 6.07 Å². The third-order valence-corrected chi connectivity index (χ3v) is 3.87. The van der Waals surface area contributed by atoms with E-state index in [1.807, 2.05) is 0 Å². The lowest BCUT2D eigenvalue weighted by Gasteiger charge is -2.14. The molecule has 1 aliphatic rings. The van der Waals surface area contributed by atoms with E-state index in [9.17, 15) is 17.6 Å². The monoisotopic (exact) mass is 292 g/mol. The quantitative estimate of drug-likeness (QED) is 0.784. The first-order chi connectivity index (χ1) is 8.35.